The maximum Gasteiger partial charge on any atom is 0.220 e. The Bertz CT molecular complexity index is 327. The first-order chi connectivity index (χ1) is 7.34. The lowest BCUT2D eigenvalue weighted by atomic mass is 10.2. The fourth-order valence-corrected chi connectivity index (χ4v) is 1.61. The average Bonchev–Trinajstić information content (AvgIpc) is 2.66. The van der Waals surface area contributed by atoms with E-state index < -0.39 is 0 Å². The van der Waals surface area contributed by atoms with Crippen LogP contribution in [0, 0.1) is 0 Å². The molecule has 0 saturated carbocycles. The Kier molecular flexibility index (Phi) is 3.24. The molecule has 15 heavy (non-hydrogen) atoms. The Morgan fingerprint density at radius 3 is 2.93 bits per heavy atom. The zero-order valence-electron chi connectivity index (χ0n) is 8.44. The van der Waals surface area contributed by atoms with Crippen molar-refractivity contribution in [3.63, 3.8) is 0 Å². The molecule has 2 rings (SSSR count). The molecule has 0 radical (unpaired) electrons. The Labute approximate surface area is 88.3 Å². The summed E-state index contributed by atoms with van der Waals surface area (Å²) in [6.07, 6.45) is 5.01. The van der Waals surface area contributed by atoms with Gasteiger partial charge in [-0.3, -0.25) is 4.79 Å². The van der Waals surface area contributed by atoms with Gasteiger partial charge in [-0.25, -0.2) is 9.97 Å². The highest BCUT2D eigenvalue weighted by molar-refractivity contribution is 5.78. The van der Waals surface area contributed by atoms with Gasteiger partial charge in [0.05, 0.1) is 6.54 Å². The molecule has 1 aliphatic heterocycles. The number of rotatable bonds is 4. The second kappa shape index (κ2) is 4.84. The van der Waals surface area contributed by atoms with Crippen molar-refractivity contribution in [1.29, 1.82) is 0 Å². The smallest absolute Gasteiger partial charge is 0.220 e. The summed E-state index contributed by atoms with van der Waals surface area (Å²) in [5.74, 6) is 0.930. The molecule has 1 aromatic rings. The first-order valence-electron chi connectivity index (χ1n) is 5.10. The van der Waals surface area contributed by atoms with E-state index in [2.05, 4.69) is 20.6 Å². The van der Waals surface area contributed by atoms with Gasteiger partial charge in [0.1, 0.15) is 5.82 Å². The minimum atomic E-state index is 0.151. The summed E-state index contributed by atoms with van der Waals surface area (Å²) in [4.78, 5) is 19.1. The molecule has 1 atom stereocenters. The van der Waals surface area contributed by atoms with Gasteiger partial charge in [0.25, 0.3) is 0 Å². The number of aromatic nitrogens is 2. The molecule has 1 aromatic heterocycles. The fourth-order valence-electron chi connectivity index (χ4n) is 1.61. The molecule has 2 heterocycles. The van der Waals surface area contributed by atoms with Crippen LogP contribution in [0.4, 0.5) is 0 Å². The predicted molar refractivity (Wildman–Crippen MR) is 54.9 cm³/mol. The van der Waals surface area contributed by atoms with Crippen molar-refractivity contribution in [3.05, 3.63) is 24.3 Å². The molecule has 1 amide bonds. The van der Waals surface area contributed by atoms with Gasteiger partial charge in [-0.15, -0.1) is 0 Å². The minimum Gasteiger partial charge on any atom is -0.352 e. The second-order valence-electron chi connectivity index (χ2n) is 3.60. The van der Waals surface area contributed by atoms with E-state index in [1.807, 2.05) is 0 Å². The number of carbonyl (C=O) groups excluding carboxylic acids is 1. The van der Waals surface area contributed by atoms with Crippen molar-refractivity contribution in [1.82, 2.24) is 20.6 Å². The number of hydrogen-bond acceptors (Lipinski definition) is 4. The van der Waals surface area contributed by atoms with E-state index in [9.17, 15) is 4.79 Å². The molecule has 0 bridgehead atoms. The topological polar surface area (TPSA) is 66.9 Å². The van der Waals surface area contributed by atoms with E-state index >= 15 is 0 Å². The van der Waals surface area contributed by atoms with Crippen LogP contribution in [0.2, 0.25) is 0 Å². The minimum absolute atomic E-state index is 0.151. The molecule has 5 nitrogen and oxygen atoms in total. The largest absolute Gasteiger partial charge is 0.352 e. The third-order valence-electron chi connectivity index (χ3n) is 2.38. The van der Waals surface area contributed by atoms with Gasteiger partial charge in [0.15, 0.2) is 0 Å². The van der Waals surface area contributed by atoms with E-state index in [-0.39, 0.29) is 11.9 Å². The molecule has 5 heteroatoms. The third kappa shape index (κ3) is 2.99. The van der Waals surface area contributed by atoms with Crippen molar-refractivity contribution in [2.45, 2.75) is 25.4 Å². The Morgan fingerprint density at radius 1 is 1.47 bits per heavy atom. The summed E-state index contributed by atoms with van der Waals surface area (Å²) in [6, 6.07) is 2.06. The molecule has 80 valence electrons. The fraction of sp³-hybridized carbons (Fsp3) is 0.500. The zero-order chi connectivity index (χ0) is 10.5. The molecule has 0 aromatic carbocycles. The molecule has 0 spiro atoms. The maximum atomic E-state index is 10.9. The monoisotopic (exact) mass is 206 g/mol. The Balaban J connectivity index is 1.69. The second-order valence-corrected chi connectivity index (χ2v) is 3.60. The first-order valence-corrected chi connectivity index (χ1v) is 5.10. The van der Waals surface area contributed by atoms with E-state index in [0.29, 0.717) is 13.0 Å². The van der Waals surface area contributed by atoms with Crippen molar-refractivity contribution in [2.75, 3.05) is 6.54 Å². The molecule has 1 unspecified atom stereocenters. The van der Waals surface area contributed by atoms with Gasteiger partial charge in [0.2, 0.25) is 5.91 Å². The van der Waals surface area contributed by atoms with E-state index in [0.717, 1.165) is 18.8 Å². The van der Waals surface area contributed by atoms with Gasteiger partial charge in [0, 0.05) is 31.4 Å². The SMILES string of the molecule is O=C1CCC(CNCc2ncccn2)N1. The molecular weight excluding hydrogens is 192 g/mol. The van der Waals surface area contributed by atoms with Crippen LogP contribution in [0.15, 0.2) is 18.5 Å². The number of hydrogen-bond donors (Lipinski definition) is 2. The van der Waals surface area contributed by atoms with Crippen molar-refractivity contribution in [3.8, 4) is 0 Å². The predicted octanol–water partition coefficient (Wildman–Crippen LogP) is -0.155. The highest BCUT2D eigenvalue weighted by Gasteiger charge is 2.19. The van der Waals surface area contributed by atoms with Gasteiger partial charge < -0.3 is 10.6 Å². The summed E-state index contributed by atoms with van der Waals surface area (Å²) < 4.78 is 0. The van der Waals surface area contributed by atoms with E-state index in [1.54, 1.807) is 18.5 Å². The number of carbonyl (C=O) groups is 1. The zero-order valence-corrected chi connectivity index (χ0v) is 8.44. The van der Waals surface area contributed by atoms with E-state index in [1.165, 1.54) is 0 Å². The maximum absolute atomic E-state index is 10.9. The normalized spacial score (nSPS) is 20.3. The molecule has 1 fully saturated rings. The Morgan fingerprint density at radius 2 is 2.27 bits per heavy atom. The van der Waals surface area contributed by atoms with Crippen LogP contribution in [0.3, 0.4) is 0 Å². The van der Waals surface area contributed by atoms with Crippen LogP contribution >= 0.6 is 0 Å². The van der Waals surface area contributed by atoms with Gasteiger partial charge >= 0.3 is 0 Å². The van der Waals surface area contributed by atoms with Crippen LogP contribution < -0.4 is 10.6 Å². The lowest BCUT2D eigenvalue weighted by Gasteiger charge is -2.10. The number of nitrogens with one attached hydrogen (secondary N) is 2. The summed E-state index contributed by atoms with van der Waals surface area (Å²) in [6.45, 7) is 1.43. The summed E-state index contributed by atoms with van der Waals surface area (Å²) >= 11 is 0. The summed E-state index contributed by atoms with van der Waals surface area (Å²) in [7, 11) is 0. The van der Waals surface area contributed by atoms with Crippen molar-refractivity contribution >= 4 is 5.91 Å². The van der Waals surface area contributed by atoms with Crippen molar-refractivity contribution < 1.29 is 4.79 Å². The van der Waals surface area contributed by atoms with Crippen molar-refractivity contribution in [2.24, 2.45) is 0 Å². The van der Waals surface area contributed by atoms with Gasteiger partial charge in [-0.05, 0) is 12.5 Å². The van der Waals surface area contributed by atoms with Gasteiger partial charge in [-0.1, -0.05) is 0 Å². The average molecular weight is 206 g/mol. The summed E-state index contributed by atoms with van der Waals surface area (Å²) in [5.41, 5.74) is 0. The van der Waals surface area contributed by atoms with Crippen LogP contribution in [0.5, 0.6) is 0 Å². The van der Waals surface area contributed by atoms with Crippen LogP contribution in [-0.2, 0) is 11.3 Å². The number of amides is 1. The lowest BCUT2D eigenvalue weighted by Crippen LogP contribution is -2.35. The third-order valence-corrected chi connectivity index (χ3v) is 2.38. The first kappa shape index (κ1) is 10.0. The van der Waals surface area contributed by atoms with E-state index in [4.69, 9.17) is 0 Å². The molecule has 0 aliphatic carbocycles. The van der Waals surface area contributed by atoms with Crippen LogP contribution in [-0.4, -0.2) is 28.5 Å². The van der Waals surface area contributed by atoms with Crippen LogP contribution in [0.25, 0.3) is 0 Å². The highest BCUT2D eigenvalue weighted by Crippen LogP contribution is 2.04. The van der Waals surface area contributed by atoms with Gasteiger partial charge in [-0.2, -0.15) is 0 Å². The Hall–Kier alpha value is -1.49. The number of nitrogens with zero attached hydrogens (tertiary/aromatic N) is 2. The summed E-state index contributed by atoms with van der Waals surface area (Å²) in [5, 5.41) is 6.12. The lowest BCUT2D eigenvalue weighted by molar-refractivity contribution is -0.119. The molecular formula is C10H14N4O. The molecule has 1 saturated heterocycles. The quantitative estimate of drug-likeness (QED) is 0.718. The molecule has 2 N–H and O–H groups in total. The highest BCUT2D eigenvalue weighted by atomic mass is 16.1. The molecule has 1 aliphatic rings. The standard InChI is InChI=1S/C10H14N4O/c15-10-3-2-8(14-10)6-11-7-9-12-4-1-5-13-9/h1,4-5,8,11H,2-3,6-7H2,(H,14,15). The van der Waals surface area contributed by atoms with Crippen LogP contribution in [0.1, 0.15) is 18.7 Å².